The molecule has 0 spiro atoms. The van der Waals surface area contributed by atoms with Gasteiger partial charge in [0.1, 0.15) is 0 Å². The number of nitrogens with one attached hydrogen (secondary N) is 2. The van der Waals surface area contributed by atoms with E-state index in [9.17, 15) is 4.79 Å². The highest BCUT2D eigenvalue weighted by Gasteiger charge is 2.32. The van der Waals surface area contributed by atoms with E-state index in [2.05, 4.69) is 25.4 Å². The summed E-state index contributed by atoms with van der Waals surface area (Å²) in [6, 6.07) is 4.83. The smallest absolute Gasteiger partial charge is 0.319 e. The van der Waals surface area contributed by atoms with Crippen molar-refractivity contribution in [2.45, 2.75) is 50.6 Å². The Labute approximate surface area is 143 Å². The van der Waals surface area contributed by atoms with Gasteiger partial charge in [-0.3, -0.25) is 0 Å². The zero-order chi connectivity index (χ0) is 16.4. The van der Waals surface area contributed by atoms with Gasteiger partial charge in [-0.25, -0.2) is 9.78 Å². The first kappa shape index (κ1) is 15.7. The van der Waals surface area contributed by atoms with Crippen molar-refractivity contribution in [2.24, 2.45) is 0 Å². The highest BCUT2D eigenvalue weighted by molar-refractivity contribution is 5.92. The van der Waals surface area contributed by atoms with E-state index in [4.69, 9.17) is 0 Å². The molecule has 2 aliphatic heterocycles. The molecular weight excluding hydrogens is 302 g/mol. The van der Waals surface area contributed by atoms with Gasteiger partial charge in [-0.15, -0.1) is 0 Å². The fourth-order valence-electron chi connectivity index (χ4n) is 3.87. The maximum absolute atomic E-state index is 12.4. The van der Waals surface area contributed by atoms with Crippen LogP contribution in [0, 0.1) is 0 Å². The maximum atomic E-state index is 12.4. The fraction of sp³-hybridized carbons (Fsp3) is 0.667. The van der Waals surface area contributed by atoms with Crippen molar-refractivity contribution >= 4 is 17.5 Å². The molecule has 6 heteroatoms. The first-order valence-corrected chi connectivity index (χ1v) is 9.31. The number of aromatic nitrogens is 1. The van der Waals surface area contributed by atoms with E-state index < -0.39 is 0 Å². The van der Waals surface area contributed by atoms with Crippen LogP contribution < -0.4 is 15.5 Å². The van der Waals surface area contributed by atoms with Gasteiger partial charge < -0.3 is 20.4 Å². The van der Waals surface area contributed by atoms with Crippen LogP contribution in [0.2, 0.25) is 0 Å². The minimum atomic E-state index is -0.103. The minimum absolute atomic E-state index is 0.103. The summed E-state index contributed by atoms with van der Waals surface area (Å²) < 4.78 is 0. The summed E-state index contributed by atoms with van der Waals surface area (Å²) in [6.45, 7) is 4.27. The second-order valence-electron chi connectivity index (χ2n) is 7.21. The van der Waals surface area contributed by atoms with Crippen molar-refractivity contribution in [1.29, 1.82) is 0 Å². The fourth-order valence-corrected chi connectivity index (χ4v) is 3.87. The van der Waals surface area contributed by atoms with Crippen LogP contribution in [0.1, 0.15) is 38.5 Å². The number of hydrogen-bond acceptors (Lipinski definition) is 4. The Kier molecular flexibility index (Phi) is 4.56. The Hall–Kier alpha value is -1.82. The molecule has 0 bridgehead atoms. The van der Waals surface area contributed by atoms with Crippen molar-refractivity contribution in [3.05, 3.63) is 18.3 Å². The summed E-state index contributed by atoms with van der Waals surface area (Å²) in [5.41, 5.74) is 0.812. The second kappa shape index (κ2) is 6.97. The summed E-state index contributed by atoms with van der Waals surface area (Å²) in [4.78, 5) is 21.7. The zero-order valence-electron chi connectivity index (χ0n) is 14.2. The Morgan fingerprint density at radius 1 is 1.08 bits per heavy atom. The molecule has 0 unspecified atom stereocenters. The third-order valence-corrected chi connectivity index (χ3v) is 5.37. The molecule has 0 aromatic carbocycles. The number of rotatable bonds is 4. The molecule has 1 aromatic rings. The Balaban J connectivity index is 1.31. The lowest BCUT2D eigenvalue weighted by Crippen LogP contribution is -2.46. The molecule has 3 aliphatic rings. The van der Waals surface area contributed by atoms with E-state index in [0.29, 0.717) is 0 Å². The number of nitrogens with zero attached hydrogens (tertiary/aromatic N) is 3. The third-order valence-electron chi connectivity index (χ3n) is 5.37. The molecule has 3 fully saturated rings. The molecule has 2 N–H and O–H groups in total. The Bertz CT molecular complexity index is 575. The standard InChI is InChI=1S/C18H27N5O/c24-18(20-14-7-12-22(13-8-14)15-5-6-15)21-16-4-3-9-19-17(16)23-10-1-2-11-23/h3-4,9,14-15H,1-2,5-8,10-13H2,(H2,20,21,24). The highest BCUT2D eigenvalue weighted by Crippen LogP contribution is 2.29. The van der Waals surface area contributed by atoms with Gasteiger partial charge in [-0.05, 0) is 50.7 Å². The number of urea groups is 1. The molecule has 2 amide bonds. The van der Waals surface area contributed by atoms with Crippen molar-refractivity contribution < 1.29 is 4.79 Å². The summed E-state index contributed by atoms with van der Waals surface area (Å²) >= 11 is 0. The van der Waals surface area contributed by atoms with Crippen LogP contribution in [0.4, 0.5) is 16.3 Å². The van der Waals surface area contributed by atoms with E-state index >= 15 is 0 Å². The largest absolute Gasteiger partial charge is 0.355 e. The van der Waals surface area contributed by atoms with E-state index in [0.717, 1.165) is 56.6 Å². The van der Waals surface area contributed by atoms with Crippen LogP contribution >= 0.6 is 0 Å². The predicted molar refractivity (Wildman–Crippen MR) is 95.5 cm³/mol. The molecule has 0 atom stereocenters. The zero-order valence-corrected chi connectivity index (χ0v) is 14.2. The lowest BCUT2D eigenvalue weighted by molar-refractivity contribution is 0.189. The topological polar surface area (TPSA) is 60.5 Å². The summed E-state index contributed by atoms with van der Waals surface area (Å²) in [7, 11) is 0. The van der Waals surface area contributed by atoms with Gasteiger partial charge in [0.15, 0.2) is 5.82 Å². The number of amides is 2. The van der Waals surface area contributed by atoms with E-state index in [1.165, 1.54) is 25.7 Å². The van der Waals surface area contributed by atoms with Gasteiger partial charge in [-0.2, -0.15) is 0 Å². The van der Waals surface area contributed by atoms with Crippen molar-refractivity contribution in [2.75, 3.05) is 36.4 Å². The average molecular weight is 329 g/mol. The summed E-state index contributed by atoms with van der Waals surface area (Å²) in [6.07, 6.45) is 9.01. The Morgan fingerprint density at radius 2 is 1.83 bits per heavy atom. The van der Waals surface area contributed by atoms with Gasteiger partial charge in [0.25, 0.3) is 0 Å². The number of piperidine rings is 1. The lowest BCUT2D eigenvalue weighted by Gasteiger charge is -2.32. The molecule has 24 heavy (non-hydrogen) atoms. The number of carbonyl (C=O) groups excluding carboxylic acids is 1. The number of pyridine rings is 1. The predicted octanol–water partition coefficient (Wildman–Crippen LogP) is 2.43. The van der Waals surface area contributed by atoms with Crippen molar-refractivity contribution in [3.8, 4) is 0 Å². The normalized spacial score (nSPS) is 22.6. The molecular formula is C18H27N5O. The molecule has 130 valence electrons. The molecule has 1 aromatic heterocycles. The molecule has 6 nitrogen and oxygen atoms in total. The first-order valence-electron chi connectivity index (χ1n) is 9.31. The van der Waals surface area contributed by atoms with Crippen LogP contribution in [0.15, 0.2) is 18.3 Å². The summed E-state index contributed by atoms with van der Waals surface area (Å²) in [5, 5.41) is 6.16. The quantitative estimate of drug-likeness (QED) is 0.891. The minimum Gasteiger partial charge on any atom is -0.355 e. The number of carbonyl (C=O) groups is 1. The number of likely N-dealkylation sites (tertiary alicyclic amines) is 1. The van der Waals surface area contributed by atoms with Gasteiger partial charge >= 0.3 is 6.03 Å². The number of hydrogen-bond donors (Lipinski definition) is 2. The first-order chi connectivity index (χ1) is 11.8. The molecule has 2 saturated heterocycles. The molecule has 1 saturated carbocycles. The van der Waals surface area contributed by atoms with Gasteiger partial charge in [0, 0.05) is 44.5 Å². The highest BCUT2D eigenvalue weighted by atomic mass is 16.2. The molecule has 1 aliphatic carbocycles. The molecule has 3 heterocycles. The van der Waals surface area contributed by atoms with E-state index in [-0.39, 0.29) is 12.1 Å². The van der Waals surface area contributed by atoms with E-state index in [1.807, 2.05) is 12.1 Å². The van der Waals surface area contributed by atoms with Crippen LogP contribution in [-0.4, -0.2) is 54.2 Å². The van der Waals surface area contributed by atoms with Gasteiger partial charge in [-0.1, -0.05) is 0 Å². The van der Waals surface area contributed by atoms with Crippen molar-refractivity contribution in [1.82, 2.24) is 15.2 Å². The van der Waals surface area contributed by atoms with Gasteiger partial charge in [0.2, 0.25) is 0 Å². The van der Waals surface area contributed by atoms with Crippen LogP contribution in [0.3, 0.4) is 0 Å². The van der Waals surface area contributed by atoms with E-state index in [1.54, 1.807) is 6.20 Å². The average Bonchev–Trinajstić information content (AvgIpc) is 3.30. The lowest BCUT2D eigenvalue weighted by atomic mass is 10.1. The van der Waals surface area contributed by atoms with Crippen LogP contribution in [0.5, 0.6) is 0 Å². The number of anilines is 2. The third kappa shape index (κ3) is 3.64. The SMILES string of the molecule is O=C(Nc1cccnc1N1CCCC1)NC1CCN(C2CC2)CC1. The van der Waals surface area contributed by atoms with Gasteiger partial charge in [0.05, 0.1) is 5.69 Å². The monoisotopic (exact) mass is 329 g/mol. The summed E-state index contributed by atoms with van der Waals surface area (Å²) in [5.74, 6) is 0.897. The maximum Gasteiger partial charge on any atom is 0.319 e. The van der Waals surface area contributed by atoms with Crippen LogP contribution in [0.25, 0.3) is 0 Å². The second-order valence-corrected chi connectivity index (χ2v) is 7.21. The molecule has 4 rings (SSSR count). The molecule has 0 radical (unpaired) electrons. The Morgan fingerprint density at radius 3 is 2.54 bits per heavy atom. The van der Waals surface area contributed by atoms with Crippen LogP contribution in [-0.2, 0) is 0 Å². The van der Waals surface area contributed by atoms with Crippen molar-refractivity contribution in [3.63, 3.8) is 0 Å².